The summed E-state index contributed by atoms with van der Waals surface area (Å²) in [5, 5.41) is 4.50. The first-order chi connectivity index (χ1) is 12.0. The van der Waals surface area contributed by atoms with Crippen molar-refractivity contribution in [3.05, 3.63) is 44.6 Å². The van der Waals surface area contributed by atoms with Crippen molar-refractivity contribution in [2.24, 2.45) is 0 Å². The summed E-state index contributed by atoms with van der Waals surface area (Å²) in [7, 11) is 1.33. The number of rotatable bonds is 3. The third-order valence-electron chi connectivity index (χ3n) is 2.90. The van der Waals surface area contributed by atoms with Crippen LogP contribution in [0.4, 0.5) is 5.00 Å². The molecule has 0 saturated heterocycles. The first-order valence-corrected chi connectivity index (χ1v) is 8.79. The van der Waals surface area contributed by atoms with Crippen LogP contribution in [-0.4, -0.2) is 35.6 Å². The highest BCUT2D eigenvalue weighted by Crippen LogP contribution is 2.19. The summed E-state index contributed by atoms with van der Waals surface area (Å²) in [5.74, 6) is -1.03. The summed E-state index contributed by atoms with van der Waals surface area (Å²) in [6, 6.07) is 3.31. The van der Waals surface area contributed by atoms with Crippen LogP contribution in [0.1, 0.15) is 27.9 Å². The molecule has 8 nitrogen and oxygen atoms in total. The maximum atomic E-state index is 11.5. The van der Waals surface area contributed by atoms with Crippen molar-refractivity contribution >= 4 is 49.8 Å². The van der Waals surface area contributed by atoms with Crippen LogP contribution in [-0.2, 0) is 9.47 Å². The van der Waals surface area contributed by atoms with Gasteiger partial charge < -0.3 is 20.2 Å². The highest BCUT2D eigenvalue weighted by molar-refractivity contribution is 7.16. The second-order valence-electron chi connectivity index (χ2n) is 4.46. The Balaban J connectivity index is 0.000000196. The number of nitrogens with zero attached hydrogens (tertiary/aromatic N) is 1. The number of anilines is 1. The van der Waals surface area contributed by atoms with E-state index in [-0.39, 0.29) is 24.0 Å². The topological polar surface area (TPSA) is 124 Å². The molecule has 0 unspecified atom stereocenters. The van der Waals surface area contributed by atoms with Crippen LogP contribution >= 0.6 is 22.7 Å². The minimum atomic E-state index is -0.607. The minimum Gasteiger partial charge on any atom is -0.465 e. The number of hydrogen-bond donors (Lipinski definition) is 2. The molecule has 3 aromatic heterocycles. The van der Waals surface area contributed by atoms with Crippen LogP contribution in [0.3, 0.4) is 0 Å². The van der Waals surface area contributed by atoms with Gasteiger partial charge in [-0.05, 0) is 29.8 Å². The lowest BCUT2D eigenvalue weighted by Gasteiger charge is -1.99. The van der Waals surface area contributed by atoms with Crippen molar-refractivity contribution in [1.82, 2.24) is 9.97 Å². The molecule has 0 bridgehead atoms. The number of nitrogens with two attached hydrogens (primary N) is 1. The second-order valence-corrected chi connectivity index (χ2v) is 6.31. The van der Waals surface area contributed by atoms with Gasteiger partial charge in [-0.25, -0.2) is 14.6 Å². The van der Waals surface area contributed by atoms with E-state index in [9.17, 15) is 14.4 Å². The van der Waals surface area contributed by atoms with Gasteiger partial charge in [0.05, 0.1) is 24.7 Å². The molecule has 0 amide bonds. The van der Waals surface area contributed by atoms with Crippen molar-refractivity contribution in [2.75, 3.05) is 19.5 Å². The standard InChI is InChI=1S/C9H8N2O3S.C6H7NO2S/c1-2-14-9(13)6-10-7(12)5-3-4-15-8(5)11-6;1-9-6(8)4-2-3-10-5(4)7/h3-4H,2H2,1H3,(H,10,11,12);2-3H,7H2,1H3. The number of aromatic amines is 1. The lowest BCUT2D eigenvalue weighted by molar-refractivity contribution is 0.0511. The summed E-state index contributed by atoms with van der Waals surface area (Å²) < 4.78 is 9.20. The van der Waals surface area contributed by atoms with Gasteiger partial charge >= 0.3 is 11.9 Å². The van der Waals surface area contributed by atoms with Crippen molar-refractivity contribution in [3.63, 3.8) is 0 Å². The van der Waals surface area contributed by atoms with Gasteiger partial charge in [0.15, 0.2) is 0 Å². The fourth-order valence-electron chi connectivity index (χ4n) is 1.76. The average molecular weight is 381 g/mol. The third kappa shape index (κ3) is 4.43. The smallest absolute Gasteiger partial charge is 0.374 e. The van der Waals surface area contributed by atoms with E-state index in [0.717, 1.165) is 0 Å². The van der Waals surface area contributed by atoms with Gasteiger partial charge in [0.25, 0.3) is 5.56 Å². The molecule has 10 heteroatoms. The van der Waals surface area contributed by atoms with Crippen LogP contribution in [0.15, 0.2) is 27.7 Å². The zero-order valence-electron chi connectivity index (χ0n) is 13.4. The first kappa shape index (κ1) is 18.6. The summed E-state index contributed by atoms with van der Waals surface area (Å²) in [5.41, 5.74) is 5.57. The van der Waals surface area contributed by atoms with E-state index in [1.54, 1.807) is 29.8 Å². The Bertz CT molecular complexity index is 944. The van der Waals surface area contributed by atoms with Gasteiger partial charge in [0, 0.05) is 0 Å². The Labute approximate surface area is 150 Å². The van der Waals surface area contributed by atoms with Gasteiger partial charge in [-0.15, -0.1) is 22.7 Å². The molecule has 3 aromatic rings. The molecule has 0 aliphatic rings. The number of methoxy groups -OCH3 is 1. The molecule has 0 aliphatic carbocycles. The van der Waals surface area contributed by atoms with Gasteiger partial charge in [-0.1, -0.05) is 0 Å². The molecule has 3 N–H and O–H groups in total. The summed E-state index contributed by atoms with van der Waals surface area (Å²) in [6.07, 6.45) is 0. The molecule has 0 radical (unpaired) electrons. The molecule has 0 spiro atoms. The fourth-order valence-corrected chi connectivity index (χ4v) is 3.15. The SMILES string of the molecule is CCOC(=O)c1nc2sccc2c(=O)[nH]1.COC(=O)c1ccsc1N. The predicted molar refractivity (Wildman–Crippen MR) is 96.3 cm³/mol. The molecule has 132 valence electrons. The predicted octanol–water partition coefficient (Wildman–Crippen LogP) is 2.28. The van der Waals surface area contributed by atoms with Crippen LogP contribution < -0.4 is 11.3 Å². The Morgan fingerprint density at radius 1 is 1.24 bits per heavy atom. The molecule has 25 heavy (non-hydrogen) atoms. The number of fused-ring (bicyclic) bond motifs is 1. The molecular formula is C15H15N3O5S2. The van der Waals surface area contributed by atoms with Crippen molar-refractivity contribution in [2.45, 2.75) is 6.92 Å². The number of carbonyl (C=O) groups excluding carboxylic acids is 2. The lowest BCUT2D eigenvalue weighted by atomic mass is 10.3. The molecule has 0 atom stereocenters. The Morgan fingerprint density at radius 2 is 1.96 bits per heavy atom. The normalized spacial score (nSPS) is 10.0. The quantitative estimate of drug-likeness (QED) is 0.667. The monoisotopic (exact) mass is 381 g/mol. The lowest BCUT2D eigenvalue weighted by Crippen LogP contribution is -2.16. The largest absolute Gasteiger partial charge is 0.465 e. The van der Waals surface area contributed by atoms with Crippen molar-refractivity contribution in [3.8, 4) is 0 Å². The van der Waals surface area contributed by atoms with Crippen molar-refractivity contribution < 1.29 is 19.1 Å². The number of carbonyl (C=O) groups is 2. The Kier molecular flexibility index (Phi) is 6.25. The summed E-state index contributed by atoms with van der Waals surface area (Å²) in [4.78, 5) is 40.5. The van der Waals surface area contributed by atoms with Crippen molar-refractivity contribution in [1.29, 1.82) is 0 Å². The number of nitrogens with one attached hydrogen (secondary N) is 1. The highest BCUT2D eigenvalue weighted by atomic mass is 32.1. The maximum absolute atomic E-state index is 11.5. The van der Waals surface area contributed by atoms with E-state index in [1.807, 2.05) is 0 Å². The van der Waals surface area contributed by atoms with E-state index in [0.29, 0.717) is 20.8 Å². The molecule has 0 aromatic carbocycles. The maximum Gasteiger partial charge on any atom is 0.374 e. The zero-order chi connectivity index (χ0) is 18.4. The van der Waals surface area contributed by atoms with Gasteiger partial charge in [0.1, 0.15) is 9.83 Å². The van der Waals surface area contributed by atoms with Gasteiger partial charge in [0.2, 0.25) is 5.82 Å². The number of nitrogen functional groups attached to an aromatic ring is 1. The van der Waals surface area contributed by atoms with E-state index in [4.69, 9.17) is 10.5 Å². The molecule has 3 rings (SSSR count). The number of thiophene rings is 2. The Hall–Kier alpha value is -2.72. The van der Waals surface area contributed by atoms with E-state index >= 15 is 0 Å². The number of aromatic nitrogens is 2. The number of ether oxygens (including phenoxy) is 2. The van der Waals surface area contributed by atoms with E-state index in [2.05, 4.69) is 14.7 Å². The summed E-state index contributed by atoms with van der Waals surface area (Å²) >= 11 is 2.64. The van der Waals surface area contributed by atoms with Gasteiger partial charge in [-0.3, -0.25) is 4.79 Å². The Morgan fingerprint density at radius 3 is 2.56 bits per heavy atom. The fraction of sp³-hybridized carbons (Fsp3) is 0.200. The number of esters is 2. The number of hydrogen-bond acceptors (Lipinski definition) is 9. The third-order valence-corrected chi connectivity index (χ3v) is 4.46. The van der Waals surface area contributed by atoms with Crippen LogP contribution in [0.25, 0.3) is 10.2 Å². The summed E-state index contributed by atoms with van der Waals surface area (Å²) in [6.45, 7) is 1.95. The van der Waals surface area contributed by atoms with Crippen LogP contribution in [0, 0.1) is 0 Å². The molecular weight excluding hydrogens is 366 g/mol. The minimum absolute atomic E-state index is 0.0446. The van der Waals surface area contributed by atoms with E-state index in [1.165, 1.54) is 29.8 Å². The molecule has 0 fully saturated rings. The second kappa shape index (κ2) is 8.40. The van der Waals surface area contributed by atoms with Crippen LogP contribution in [0.5, 0.6) is 0 Å². The van der Waals surface area contributed by atoms with Crippen LogP contribution in [0.2, 0.25) is 0 Å². The first-order valence-electron chi connectivity index (χ1n) is 7.03. The van der Waals surface area contributed by atoms with Gasteiger partial charge in [-0.2, -0.15) is 0 Å². The molecule has 0 aliphatic heterocycles. The van der Waals surface area contributed by atoms with E-state index < -0.39 is 5.97 Å². The average Bonchev–Trinajstić information content (AvgIpc) is 3.24. The molecule has 3 heterocycles. The number of H-pyrrole nitrogens is 1. The molecule has 0 saturated carbocycles. The zero-order valence-corrected chi connectivity index (χ0v) is 15.0. The highest BCUT2D eigenvalue weighted by Gasteiger charge is 2.12.